The molecule has 0 saturated heterocycles. The first-order chi connectivity index (χ1) is 7.40. The van der Waals surface area contributed by atoms with Gasteiger partial charge >= 0.3 is 0 Å². The second-order valence-electron chi connectivity index (χ2n) is 4.62. The van der Waals surface area contributed by atoms with Gasteiger partial charge in [-0.2, -0.15) is 0 Å². The maximum atomic E-state index is 6.04. The van der Waals surface area contributed by atoms with Crippen LogP contribution in [0.25, 0.3) is 0 Å². The SMILES string of the molecule is CC(C)(N)CCCNc1cccc(Cl)c1Cl. The van der Waals surface area contributed by atoms with Gasteiger partial charge in [-0.1, -0.05) is 29.3 Å². The van der Waals surface area contributed by atoms with Crippen LogP contribution < -0.4 is 11.1 Å². The number of anilines is 1. The third-order valence-corrected chi connectivity index (χ3v) is 3.08. The van der Waals surface area contributed by atoms with Crippen molar-refractivity contribution in [2.75, 3.05) is 11.9 Å². The van der Waals surface area contributed by atoms with Crippen LogP contribution in [-0.4, -0.2) is 12.1 Å². The third-order valence-electron chi connectivity index (χ3n) is 2.26. The fourth-order valence-corrected chi connectivity index (χ4v) is 1.77. The molecule has 2 nitrogen and oxygen atoms in total. The maximum Gasteiger partial charge on any atom is 0.0823 e. The molecule has 4 heteroatoms. The monoisotopic (exact) mass is 260 g/mol. The third kappa shape index (κ3) is 4.60. The molecule has 0 unspecified atom stereocenters. The minimum atomic E-state index is -0.111. The molecule has 0 bridgehead atoms. The normalized spacial score (nSPS) is 11.6. The molecule has 90 valence electrons. The number of rotatable bonds is 5. The van der Waals surface area contributed by atoms with E-state index in [1.807, 2.05) is 26.0 Å². The van der Waals surface area contributed by atoms with Crippen LogP contribution in [0.4, 0.5) is 5.69 Å². The van der Waals surface area contributed by atoms with Crippen molar-refractivity contribution in [2.45, 2.75) is 32.2 Å². The summed E-state index contributed by atoms with van der Waals surface area (Å²) in [5.41, 5.74) is 6.66. The molecule has 16 heavy (non-hydrogen) atoms. The molecule has 1 aromatic rings. The second-order valence-corrected chi connectivity index (χ2v) is 5.41. The van der Waals surface area contributed by atoms with Gasteiger partial charge in [0.1, 0.15) is 0 Å². The van der Waals surface area contributed by atoms with Crippen molar-refractivity contribution in [3.05, 3.63) is 28.2 Å². The van der Waals surface area contributed by atoms with Gasteiger partial charge in [0.05, 0.1) is 15.7 Å². The summed E-state index contributed by atoms with van der Waals surface area (Å²) >= 11 is 12.0. The largest absolute Gasteiger partial charge is 0.384 e. The van der Waals surface area contributed by atoms with E-state index in [-0.39, 0.29) is 5.54 Å². The zero-order valence-electron chi connectivity index (χ0n) is 9.69. The number of nitrogens with two attached hydrogens (primary N) is 1. The molecule has 1 rings (SSSR count). The minimum Gasteiger partial charge on any atom is -0.384 e. The second kappa shape index (κ2) is 5.76. The smallest absolute Gasteiger partial charge is 0.0823 e. The van der Waals surface area contributed by atoms with Gasteiger partial charge in [0.2, 0.25) is 0 Å². The van der Waals surface area contributed by atoms with Crippen LogP contribution in [0.1, 0.15) is 26.7 Å². The molecule has 0 aliphatic heterocycles. The van der Waals surface area contributed by atoms with Gasteiger partial charge in [0, 0.05) is 12.1 Å². The van der Waals surface area contributed by atoms with Crippen molar-refractivity contribution >= 4 is 28.9 Å². The van der Waals surface area contributed by atoms with Gasteiger partial charge < -0.3 is 11.1 Å². The van der Waals surface area contributed by atoms with Crippen molar-refractivity contribution in [3.63, 3.8) is 0 Å². The van der Waals surface area contributed by atoms with Crippen molar-refractivity contribution in [1.29, 1.82) is 0 Å². The van der Waals surface area contributed by atoms with Gasteiger partial charge in [-0.25, -0.2) is 0 Å². The Labute approximate surface area is 107 Å². The quantitative estimate of drug-likeness (QED) is 0.788. The molecule has 0 heterocycles. The van der Waals surface area contributed by atoms with Crippen LogP contribution in [0.3, 0.4) is 0 Å². The Bertz CT molecular complexity index is 345. The highest BCUT2D eigenvalue weighted by Gasteiger charge is 2.09. The fraction of sp³-hybridized carbons (Fsp3) is 0.500. The summed E-state index contributed by atoms with van der Waals surface area (Å²) < 4.78 is 0. The summed E-state index contributed by atoms with van der Waals surface area (Å²) in [4.78, 5) is 0. The van der Waals surface area contributed by atoms with Gasteiger partial charge in [-0.05, 0) is 38.8 Å². The molecule has 0 fully saturated rings. The lowest BCUT2D eigenvalue weighted by Gasteiger charge is -2.18. The average Bonchev–Trinajstić information content (AvgIpc) is 2.17. The van der Waals surface area contributed by atoms with E-state index in [4.69, 9.17) is 28.9 Å². The first-order valence-electron chi connectivity index (χ1n) is 5.37. The highest BCUT2D eigenvalue weighted by molar-refractivity contribution is 6.43. The zero-order valence-corrected chi connectivity index (χ0v) is 11.2. The van der Waals surface area contributed by atoms with E-state index in [1.54, 1.807) is 6.07 Å². The number of benzene rings is 1. The van der Waals surface area contributed by atoms with Crippen LogP contribution in [-0.2, 0) is 0 Å². The summed E-state index contributed by atoms with van der Waals surface area (Å²) in [5, 5.41) is 4.41. The van der Waals surface area contributed by atoms with Crippen LogP contribution in [0.2, 0.25) is 10.0 Å². The van der Waals surface area contributed by atoms with Gasteiger partial charge in [0.15, 0.2) is 0 Å². The topological polar surface area (TPSA) is 38.0 Å². The molecule has 0 amide bonds. The lowest BCUT2D eigenvalue weighted by Crippen LogP contribution is -2.32. The van der Waals surface area contributed by atoms with Gasteiger partial charge in [0.25, 0.3) is 0 Å². The molecular weight excluding hydrogens is 243 g/mol. The van der Waals surface area contributed by atoms with Gasteiger partial charge in [-0.15, -0.1) is 0 Å². The average molecular weight is 261 g/mol. The molecule has 0 radical (unpaired) electrons. The predicted octanol–water partition coefficient (Wildman–Crippen LogP) is 3.92. The number of nitrogens with one attached hydrogen (secondary N) is 1. The molecule has 0 atom stereocenters. The first kappa shape index (κ1) is 13.6. The highest BCUT2D eigenvalue weighted by Crippen LogP contribution is 2.29. The minimum absolute atomic E-state index is 0.111. The molecular formula is C12H18Cl2N2. The summed E-state index contributed by atoms with van der Waals surface area (Å²) in [6.07, 6.45) is 1.98. The number of halogens is 2. The Kier molecular flexibility index (Phi) is 4.90. The summed E-state index contributed by atoms with van der Waals surface area (Å²) in [6, 6.07) is 5.57. The molecule has 1 aromatic carbocycles. The number of hydrogen-bond acceptors (Lipinski definition) is 2. The van der Waals surface area contributed by atoms with Crippen molar-refractivity contribution in [1.82, 2.24) is 0 Å². The molecule has 0 spiro atoms. The van der Waals surface area contributed by atoms with E-state index in [1.165, 1.54) is 0 Å². The summed E-state index contributed by atoms with van der Waals surface area (Å²) in [7, 11) is 0. The zero-order chi connectivity index (χ0) is 12.2. The van der Waals surface area contributed by atoms with Crippen molar-refractivity contribution < 1.29 is 0 Å². The molecule has 0 aromatic heterocycles. The molecule has 0 saturated carbocycles. The lowest BCUT2D eigenvalue weighted by molar-refractivity contribution is 0.465. The molecule has 0 aliphatic carbocycles. The van der Waals surface area contributed by atoms with Crippen molar-refractivity contribution in [2.24, 2.45) is 5.73 Å². The van der Waals surface area contributed by atoms with Crippen molar-refractivity contribution in [3.8, 4) is 0 Å². The maximum absolute atomic E-state index is 6.04. The van der Waals surface area contributed by atoms with Gasteiger partial charge in [-0.3, -0.25) is 0 Å². The van der Waals surface area contributed by atoms with E-state index in [9.17, 15) is 0 Å². The molecule has 3 N–H and O–H groups in total. The van der Waals surface area contributed by atoms with E-state index in [2.05, 4.69) is 5.32 Å². The highest BCUT2D eigenvalue weighted by atomic mass is 35.5. The van der Waals surface area contributed by atoms with Crippen LogP contribution in [0, 0.1) is 0 Å². The van der Waals surface area contributed by atoms with E-state index >= 15 is 0 Å². The Morgan fingerprint density at radius 2 is 2.00 bits per heavy atom. The number of hydrogen-bond donors (Lipinski definition) is 2. The van der Waals surface area contributed by atoms with E-state index in [0.717, 1.165) is 25.1 Å². The van der Waals surface area contributed by atoms with E-state index in [0.29, 0.717) is 10.0 Å². The Hall–Kier alpha value is -0.440. The first-order valence-corrected chi connectivity index (χ1v) is 6.12. The Morgan fingerprint density at radius 1 is 1.31 bits per heavy atom. The van der Waals surface area contributed by atoms with Crippen LogP contribution in [0.5, 0.6) is 0 Å². The molecule has 0 aliphatic rings. The predicted molar refractivity (Wildman–Crippen MR) is 72.5 cm³/mol. The standard InChI is InChI=1S/C12H18Cl2N2/c1-12(2,15)7-4-8-16-10-6-3-5-9(13)11(10)14/h3,5-6,16H,4,7-8,15H2,1-2H3. The lowest BCUT2D eigenvalue weighted by atomic mass is 10.0. The summed E-state index contributed by atoms with van der Waals surface area (Å²) in [6.45, 7) is 4.90. The fourth-order valence-electron chi connectivity index (χ4n) is 1.41. The Morgan fingerprint density at radius 3 is 2.62 bits per heavy atom. The summed E-state index contributed by atoms with van der Waals surface area (Å²) in [5.74, 6) is 0. The van der Waals surface area contributed by atoms with Crippen LogP contribution >= 0.6 is 23.2 Å². The Balaban J connectivity index is 2.41. The van der Waals surface area contributed by atoms with E-state index < -0.39 is 0 Å². The van der Waals surface area contributed by atoms with Crippen LogP contribution in [0.15, 0.2) is 18.2 Å².